The molecule has 2 unspecified atom stereocenters. The molecule has 1 N–H and O–H groups in total. The van der Waals surface area contributed by atoms with Crippen molar-refractivity contribution in [3.63, 3.8) is 0 Å². The largest absolute Gasteiger partial charge is 0.488 e. The third-order valence-corrected chi connectivity index (χ3v) is 2.93. The SMILES string of the molecule is CCOCC(C)Oc1ccc(C(CC)NC)cc1. The van der Waals surface area contributed by atoms with Crippen LogP contribution >= 0.6 is 0 Å². The van der Waals surface area contributed by atoms with Crippen molar-refractivity contribution >= 4 is 0 Å². The molecule has 0 aliphatic carbocycles. The topological polar surface area (TPSA) is 30.5 Å². The third kappa shape index (κ3) is 4.67. The molecule has 0 aromatic heterocycles. The van der Waals surface area contributed by atoms with Crippen LogP contribution in [-0.2, 0) is 4.74 Å². The van der Waals surface area contributed by atoms with Gasteiger partial charge in [-0.3, -0.25) is 0 Å². The summed E-state index contributed by atoms with van der Waals surface area (Å²) in [5, 5.41) is 3.30. The van der Waals surface area contributed by atoms with Crippen LogP contribution in [0.2, 0.25) is 0 Å². The molecule has 1 rings (SSSR count). The summed E-state index contributed by atoms with van der Waals surface area (Å²) in [7, 11) is 1.99. The highest BCUT2D eigenvalue weighted by Crippen LogP contribution is 2.20. The van der Waals surface area contributed by atoms with Crippen LogP contribution in [0.5, 0.6) is 5.75 Å². The molecule has 18 heavy (non-hydrogen) atoms. The average Bonchev–Trinajstić information content (AvgIpc) is 2.40. The maximum absolute atomic E-state index is 5.77. The Kier molecular flexibility index (Phi) is 6.76. The van der Waals surface area contributed by atoms with Crippen molar-refractivity contribution in [3.8, 4) is 5.75 Å². The van der Waals surface area contributed by atoms with Crippen LogP contribution < -0.4 is 10.1 Å². The molecule has 1 aromatic carbocycles. The first-order valence-electron chi connectivity index (χ1n) is 6.72. The first-order valence-corrected chi connectivity index (χ1v) is 6.72. The van der Waals surface area contributed by atoms with E-state index in [1.165, 1.54) is 5.56 Å². The van der Waals surface area contributed by atoms with Crippen molar-refractivity contribution in [3.05, 3.63) is 29.8 Å². The molecule has 0 fully saturated rings. The Morgan fingerprint density at radius 1 is 1.17 bits per heavy atom. The van der Waals surface area contributed by atoms with Crippen molar-refractivity contribution in [2.45, 2.75) is 39.3 Å². The third-order valence-electron chi connectivity index (χ3n) is 2.93. The van der Waals surface area contributed by atoms with E-state index in [-0.39, 0.29) is 6.10 Å². The predicted octanol–water partition coefficient (Wildman–Crippen LogP) is 3.16. The maximum Gasteiger partial charge on any atom is 0.119 e. The lowest BCUT2D eigenvalue weighted by Crippen LogP contribution is -2.19. The Morgan fingerprint density at radius 3 is 2.33 bits per heavy atom. The molecule has 0 radical (unpaired) electrons. The minimum atomic E-state index is 0.0853. The van der Waals surface area contributed by atoms with Crippen LogP contribution in [-0.4, -0.2) is 26.4 Å². The smallest absolute Gasteiger partial charge is 0.119 e. The number of rotatable bonds is 8. The van der Waals surface area contributed by atoms with Crippen molar-refractivity contribution in [1.82, 2.24) is 5.32 Å². The van der Waals surface area contributed by atoms with Gasteiger partial charge in [-0.05, 0) is 45.0 Å². The zero-order chi connectivity index (χ0) is 13.4. The fraction of sp³-hybridized carbons (Fsp3) is 0.600. The second-order valence-electron chi connectivity index (χ2n) is 4.41. The summed E-state index contributed by atoms with van der Waals surface area (Å²) in [5.41, 5.74) is 1.30. The standard InChI is InChI=1S/C15H25NO2/c1-5-15(16-4)13-7-9-14(10-8-13)18-12(3)11-17-6-2/h7-10,12,15-16H,5-6,11H2,1-4H3. The van der Waals surface area contributed by atoms with E-state index in [2.05, 4.69) is 24.4 Å². The van der Waals surface area contributed by atoms with Gasteiger partial charge in [0.05, 0.1) is 6.61 Å². The Labute approximate surface area is 110 Å². The van der Waals surface area contributed by atoms with Gasteiger partial charge in [-0.25, -0.2) is 0 Å². The lowest BCUT2D eigenvalue weighted by atomic mass is 10.0. The molecule has 0 saturated carbocycles. The molecule has 3 heteroatoms. The number of ether oxygens (including phenoxy) is 2. The second-order valence-corrected chi connectivity index (χ2v) is 4.41. The van der Waals surface area contributed by atoms with Crippen molar-refractivity contribution < 1.29 is 9.47 Å². The predicted molar refractivity (Wildman–Crippen MR) is 75.1 cm³/mol. The van der Waals surface area contributed by atoms with Gasteiger partial charge in [0.2, 0.25) is 0 Å². The van der Waals surface area contributed by atoms with E-state index >= 15 is 0 Å². The highest BCUT2D eigenvalue weighted by molar-refractivity contribution is 5.29. The van der Waals surface area contributed by atoms with Crippen LogP contribution in [0.1, 0.15) is 38.8 Å². The lowest BCUT2D eigenvalue weighted by Gasteiger charge is -2.17. The van der Waals surface area contributed by atoms with E-state index in [9.17, 15) is 0 Å². The molecule has 102 valence electrons. The Bertz CT molecular complexity index is 320. The second kappa shape index (κ2) is 8.11. The Balaban J connectivity index is 2.54. The molecule has 0 heterocycles. The summed E-state index contributed by atoms with van der Waals surface area (Å²) in [6.45, 7) is 7.55. The molecule has 1 aromatic rings. The van der Waals surface area contributed by atoms with Crippen molar-refractivity contribution in [2.24, 2.45) is 0 Å². The molecule has 0 aliphatic rings. The minimum Gasteiger partial charge on any atom is -0.488 e. The van der Waals surface area contributed by atoms with Gasteiger partial charge in [0.15, 0.2) is 0 Å². The van der Waals surface area contributed by atoms with Crippen molar-refractivity contribution in [1.29, 1.82) is 0 Å². The number of hydrogen-bond donors (Lipinski definition) is 1. The number of nitrogens with one attached hydrogen (secondary N) is 1. The van der Waals surface area contributed by atoms with Crippen molar-refractivity contribution in [2.75, 3.05) is 20.3 Å². The van der Waals surface area contributed by atoms with Gasteiger partial charge >= 0.3 is 0 Å². The molecular weight excluding hydrogens is 226 g/mol. The zero-order valence-electron chi connectivity index (χ0n) is 11.9. The Morgan fingerprint density at radius 2 is 1.83 bits per heavy atom. The van der Waals surface area contributed by atoms with Gasteiger partial charge < -0.3 is 14.8 Å². The average molecular weight is 251 g/mol. The van der Waals surface area contributed by atoms with Crippen LogP contribution in [0.15, 0.2) is 24.3 Å². The number of hydrogen-bond acceptors (Lipinski definition) is 3. The molecule has 0 amide bonds. The highest BCUT2D eigenvalue weighted by atomic mass is 16.5. The van der Waals surface area contributed by atoms with Gasteiger partial charge in [-0.1, -0.05) is 19.1 Å². The van der Waals surface area contributed by atoms with E-state index < -0.39 is 0 Å². The summed E-state index contributed by atoms with van der Waals surface area (Å²) in [6.07, 6.45) is 1.17. The zero-order valence-corrected chi connectivity index (χ0v) is 11.9. The quantitative estimate of drug-likeness (QED) is 0.770. The van der Waals surface area contributed by atoms with E-state index in [1.54, 1.807) is 0 Å². The summed E-state index contributed by atoms with van der Waals surface area (Å²) < 4.78 is 11.1. The van der Waals surface area contributed by atoms with Gasteiger partial charge in [0.25, 0.3) is 0 Å². The fourth-order valence-electron chi connectivity index (χ4n) is 1.94. The van der Waals surface area contributed by atoms with Crippen LogP contribution in [0.25, 0.3) is 0 Å². The fourth-order valence-corrected chi connectivity index (χ4v) is 1.94. The number of benzene rings is 1. The highest BCUT2D eigenvalue weighted by Gasteiger charge is 2.07. The van der Waals surface area contributed by atoms with Crippen LogP contribution in [0.4, 0.5) is 0 Å². The van der Waals surface area contributed by atoms with E-state index in [0.29, 0.717) is 12.6 Å². The molecule has 0 aliphatic heterocycles. The lowest BCUT2D eigenvalue weighted by molar-refractivity contribution is 0.0657. The van der Waals surface area contributed by atoms with E-state index in [1.807, 2.05) is 33.0 Å². The van der Waals surface area contributed by atoms with Gasteiger partial charge in [-0.15, -0.1) is 0 Å². The first kappa shape index (κ1) is 15.0. The summed E-state index contributed by atoms with van der Waals surface area (Å²) in [6, 6.07) is 8.70. The minimum absolute atomic E-state index is 0.0853. The Hall–Kier alpha value is -1.06. The van der Waals surface area contributed by atoms with Gasteiger partial charge in [0, 0.05) is 12.6 Å². The van der Waals surface area contributed by atoms with Crippen LogP contribution in [0, 0.1) is 0 Å². The summed E-state index contributed by atoms with van der Waals surface area (Å²) in [5.74, 6) is 0.900. The maximum atomic E-state index is 5.77. The summed E-state index contributed by atoms with van der Waals surface area (Å²) in [4.78, 5) is 0. The summed E-state index contributed by atoms with van der Waals surface area (Å²) >= 11 is 0. The molecule has 3 nitrogen and oxygen atoms in total. The monoisotopic (exact) mass is 251 g/mol. The first-order chi connectivity index (χ1) is 8.71. The molecule has 2 atom stereocenters. The van der Waals surface area contributed by atoms with Gasteiger partial charge in [-0.2, -0.15) is 0 Å². The van der Waals surface area contributed by atoms with E-state index in [4.69, 9.17) is 9.47 Å². The van der Waals surface area contributed by atoms with E-state index in [0.717, 1.165) is 18.8 Å². The molecule has 0 saturated heterocycles. The molecule has 0 bridgehead atoms. The van der Waals surface area contributed by atoms with Crippen LogP contribution in [0.3, 0.4) is 0 Å². The van der Waals surface area contributed by atoms with Gasteiger partial charge in [0.1, 0.15) is 11.9 Å². The normalized spacial score (nSPS) is 14.2. The molecule has 0 spiro atoms. The molecular formula is C15H25NO2.